The summed E-state index contributed by atoms with van der Waals surface area (Å²) in [4.78, 5) is 16.1. The molecule has 98 valence electrons. The van der Waals surface area contributed by atoms with Gasteiger partial charge in [-0.3, -0.25) is 4.79 Å². The van der Waals surface area contributed by atoms with Gasteiger partial charge in [0.05, 0.1) is 16.4 Å². The SMILES string of the molecule is Cc1cc(O)ccc1C(=O)Nc1ncc(N)cc1Br. The minimum Gasteiger partial charge on any atom is -0.508 e. The van der Waals surface area contributed by atoms with Crippen LogP contribution in [0.4, 0.5) is 11.5 Å². The molecule has 1 aromatic heterocycles. The molecule has 0 aliphatic carbocycles. The van der Waals surface area contributed by atoms with Crippen LogP contribution in [0, 0.1) is 6.92 Å². The van der Waals surface area contributed by atoms with Crippen molar-refractivity contribution in [2.24, 2.45) is 0 Å². The number of carbonyl (C=O) groups is 1. The van der Waals surface area contributed by atoms with Crippen molar-refractivity contribution in [1.82, 2.24) is 4.98 Å². The van der Waals surface area contributed by atoms with Gasteiger partial charge in [0.15, 0.2) is 0 Å². The van der Waals surface area contributed by atoms with Crippen LogP contribution in [0.15, 0.2) is 34.9 Å². The highest BCUT2D eigenvalue weighted by molar-refractivity contribution is 9.10. The molecule has 1 heterocycles. The molecule has 0 aliphatic rings. The molecule has 2 aromatic rings. The van der Waals surface area contributed by atoms with Crippen LogP contribution in [0.25, 0.3) is 0 Å². The van der Waals surface area contributed by atoms with E-state index in [0.717, 1.165) is 0 Å². The van der Waals surface area contributed by atoms with Crippen LogP contribution in [0.1, 0.15) is 15.9 Å². The second kappa shape index (κ2) is 5.27. The Morgan fingerprint density at radius 3 is 2.79 bits per heavy atom. The number of aromatic hydroxyl groups is 1. The number of phenolic OH excluding ortho intramolecular Hbond substituents is 1. The Kier molecular flexibility index (Phi) is 3.71. The molecule has 5 nitrogen and oxygen atoms in total. The van der Waals surface area contributed by atoms with Crippen molar-refractivity contribution in [2.75, 3.05) is 11.1 Å². The minimum atomic E-state index is -0.296. The van der Waals surface area contributed by atoms with Crippen molar-refractivity contribution in [3.63, 3.8) is 0 Å². The number of rotatable bonds is 2. The molecule has 1 aromatic carbocycles. The molecule has 0 saturated heterocycles. The molecule has 0 aliphatic heterocycles. The van der Waals surface area contributed by atoms with Gasteiger partial charge in [-0.15, -0.1) is 0 Å². The van der Waals surface area contributed by atoms with Crippen LogP contribution in [-0.2, 0) is 0 Å². The molecule has 4 N–H and O–H groups in total. The lowest BCUT2D eigenvalue weighted by molar-refractivity contribution is 0.102. The maximum absolute atomic E-state index is 12.1. The predicted octanol–water partition coefficient (Wildman–Crippen LogP) is 2.69. The zero-order valence-electron chi connectivity index (χ0n) is 10.1. The molecule has 0 radical (unpaired) electrons. The summed E-state index contributed by atoms with van der Waals surface area (Å²) in [6.07, 6.45) is 1.46. The zero-order chi connectivity index (χ0) is 14.0. The fourth-order valence-electron chi connectivity index (χ4n) is 1.62. The van der Waals surface area contributed by atoms with Gasteiger partial charge in [-0.05, 0) is 52.7 Å². The third kappa shape index (κ3) is 3.03. The number of nitrogens with zero attached hydrogens (tertiary/aromatic N) is 1. The predicted molar refractivity (Wildman–Crippen MR) is 77.1 cm³/mol. The average Bonchev–Trinajstić information content (AvgIpc) is 2.32. The molecule has 0 fully saturated rings. The van der Waals surface area contributed by atoms with E-state index in [1.54, 1.807) is 19.1 Å². The van der Waals surface area contributed by atoms with E-state index in [1.807, 2.05) is 0 Å². The van der Waals surface area contributed by atoms with Gasteiger partial charge in [0.2, 0.25) is 0 Å². The minimum absolute atomic E-state index is 0.126. The van der Waals surface area contributed by atoms with E-state index in [1.165, 1.54) is 18.3 Å². The maximum Gasteiger partial charge on any atom is 0.257 e. The van der Waals surface area contributed by atoms with Crippen LogP contribution in [0.3, 0.4) is 0 Å². The monoisotopic (exact) mass is 321 g/mol. The number of amides is 1. The highest BCUT2D eigenvalue weighted by atomic mass is 79.9. The molecule has 0 unspecified atom stereocenters. The van der Waals surface area contributed by atoms with Crippen molar-refractivity contribution in [3.05, 3.63) is 46.1 Å². The number of aromatic nitrogens is 1. The first-order valence-corrected chi connectivity index (χ1v) is 6.28. The van der Waals surface area contributed by atoms with E-state index in [-0.39, 0.29) is 11.7 Å². The Bertz CT molecular complexity index is 644. The first-order valence-electron chi connectivity index (χ1n) is 5.49. The second-order valence-corrected chi connectivity index (χ2v) is 4.91. The number of pyridine rings is 1. The molecular formula is C13H12BrN3O2. The number of anilines is 2. The van der Waals surface area contributed by atoms with Crippen LogP contribution >= 0.6 is 15.9 Å². The summed E-state index contributed by atoms with van der Waals surface area (Å²) in [6.45, 7) is 1.75. The van der Waals surface area contributed by atoms with Crippen molar-refractivity contribution in [2.45, 2.75) is 6.92 Å². The Balaban J connectivity index is 2.25. The fraction of sp³-hybridized carbons (Fsp3) is 0.0769. The molecule has 2 rings (SSSR count). The number of hydrogen-bond donors (Lipinski definition) is 3. The third-order valence-corrected chi connectivity index (χ3v) is 3.15. The zero-order valence-corrected chi connectivity index (χ0v) is 11.7. The number of hydrogen-bond acceptors (Lipinski definition) is 4. The highest BCUT2D eigenvalue weighted by Gasteiger charge is 2.12. The van der Waals surface area contributed by atoms with Crippen molar-refractivity contribution < 1.29 is 9.90 Å². The Labute approximate surface area is 118 Å². The number of phenols is 1. The lowest BCUT2D eigenvalue weighted by Crippen LogP contribution is -2.14. The van der Waals surface area contributed by atoms with E-state index >= 15 is 0 Å². The lowest BCUT2D eigenvalue weighted by atomic mass is 10.1. The maximum atomic E-state index is 12.1. The number of aryl methyl sites for hydroxylation is 1. The number of nitrogen functional groups attached to an aromatic ring is 1. The van der Waals surface area contributed by atoms with Crippen molar-refractivity contribution in [3.8, 4) is 5.75 Å². The lowest BCUT2D eigenvalue weighted by Gasteiger charge is -2.09. The summed E-state index contributed by atoms with van der Waals surface area (Å²) in [5.41, 5.74) is 7.24. The molecule has 0 saturated carbocycles. The summed E-state index contributed by atoms with van der Waals surface area (Å²) in [5.74, 6) is 0.225. The van der Waals surface area contributed by atoms with Gasteiger partial charge in [-0.1, -0.05) is 0 Å². The Morgan fingerprint density at radius 2 is 2.16 bits per heavy atom. The molecular weight excluding hydrogens is 310 g/mol. The molecule has 19 heavy (non-hydrogen) atoms. The first-order chi connectivity index (χ1) is 8.97. The highest BCUT2D eigenvalue weighted by Crippen LogP contribution is 2.23. The number of nitrogens with one attached hydrogen (secondary N) is 1. The van der Waals surface area contributed by atoms with Gasteiger partial charge in [-0.25, -0.2) is 4.98 Å². The third-order valence-electron chi connectivity index (χ3n) is 2.55. The second-order valence-electron chi connectivity index (χ2n) is 4.05. The molecule has 6 heteroatoms. The summed E-state index contributed by atoms with van der Waals surface area (Å²) < 4.78 is 0.609. The van der Waals surface area contributed by atoms with E-state index < -0.39 is 0 Å². The van der Waals surface area contributed by atoms with E-state index in [2.05, 4.69) is 26.2 Å². The van der Waals surface area contributed by atoms with Gasteiger partial charge in [0.25, 0.3) is 5.91 Å². The van der Waals surface area contributed by atoms with Gasteiger partial charge in [0.1, 0.15) is 11.6 Å². The van der Waals surface area contributed by atoms with Crippen LogP contribution in [-0.4, -0.2) is 16.0 Å². The molecule has 1 amide bonds. The van der Waals surface area contributed by atoms with E-state index in [0.29, 0.717) is 27.1 Å². The molecule has 0 bridgehead atoms. The first kappa shape index (κ1) is 13.4. The van der Waals surface area contributed by atoms with E-state index in [4.69, 9.17) is 5.73 Å². The van der Waals surface area contributed by atoms with Gasteiger partial charge in [-0.2, -0.15) is 0 Å². The number of carbonyl (C=O) groups excluding carboxylic acids is 1. The summed E-state index contributed by atoms with van der Waals surface area (Å²) in [6, 6.07) is 6.21. The van der Waals surface area contributed by atoms with Crippen LogP contribution in [0.2, 0.25) is 0 Å². The fourth-order valence-corrected chi connectivity index (χ4v) is 2.09. The molecule has 0 atom stereocenters. The Morgan fingerprint density at radius 1 is 1.42 bits per heavy atom. The van der Waals surface area contributed by atoms with Crippen molar-refractivity contribution >= 4 is 33.3 Å². The van der Waals surface area contributed by atoms with Gasteiger partial charge >= 0.3 is 0 Å². The topological polar surface area (TPSA) is 88.2 Å². The number of nitrogens with two attached hydrogens (primary N) is 1. The average molecular weight is 322 g/mol. The normalized spacial score (nSPS) is 10.2. The summed E-state index contributed by atoms with van der Waals surface area (Å²) >= 11 is 3.28. The van der Waals surface area contributed by atoms with Gasteiger partial charge in [0, 0.05) is 5.56 Å². The Hall–Kier alpha value is -2.08. The number of halogens is 1. The standard InChI is InChI=1S/C13H12BrN3O2/c1-7-4-9(18)2-3-10(7)13(19)17-12-11(14)5-8(15)6-16-12/h2-6,18H,15H2,1H3,(H,16,17,19). The van der Waals surface area contributed by atoms with Gasteiger partial charge < -0.3 is 16.2 Å². The van der Waals surface area contributed by atoms with Crippen LogP contribution in [0.5, 0.6) is 5.75 Å². The van der Waals surface area contributed by atoms with E-state index in [9.17, 15) is 9.90 Å². The summed E-state index contributed by atoms with van der Waals surface area (Å²) in [5, 5.41) is 12.0. The largest absolute Gasteiger partial charge is 0.508 e. The number of benzene rings is 1. The quantitative estimate of drug-likeness (QED) is 0.793. The molecule has 0 spiro atoms. The smallest absolute Gasteiger partial charge is 0.257 e. The van der Waals surface area contributed by atoms with Crippen molar-refractivity contribution in [1.29, 1.82) is 0 Å². The summed E-state index contributed by atoms with van der Waals surface area (Å²) in [7, 11) is 0. The van der Waals surface area contributed by atoms with Crippen LogP contribution < -0.4 is 11.1 Å².